The number of aryl methyl sites for hydroxylation is 2. The summed E-state index contributed by atoms with van der Waals surface area (Å²) in [5.74, 6) is 0.750. The van der Waals surface area contributed by atoms with E-state index in [-0.39, 0.29) is 17.1 Å². The molecule has 1 fully saturated rings. The summed E-state index contributed by atoms with van der Waals surface area (Å²) in [5.41, 5.74) is 2.31. The van der Waals surface area contributed by atoms with E-state index in [1.54, 1.807) is 11.8 Å². The van der Waals surface area contributed by atoms with Crippen LogP contribution in [0.5, 0.6) is 0 Å². The molecular weight excluding hydrogens is 290 g/mol. The average Bonchev–Trinajstić information content (AvgIpc) is 2.53. The van der Waals surface area contributed by atoms with E-state index in [4.69, 9.17) is 4.42 Å². The fourth-order valence-electron chi connectivity index (χ4n) is 3.22. The monoisotopic (exact) mass is 311 g/mol. The topological polar surface area (TPSA) is 50.5 Å². The molecule has 1 aliphatic rings. The Morgan fingerprint density at radius 2 is 2.04 bits per heavy atom. The average molecular weight is 311 g/mol. The SMILES string of the molecule is Cc1cccc([C@H]2CCCN(C(=O)c3cc(=O)cc(C)o3)C2)c1. The molecule has 0 bridgehead atoms. The highest BCUT2D eigenvalue weighted by Crippen LogP contribution is 2.28. The zero-order valence-electron chi connectivity index (χ0n) is 13.5. The Morgan fingerprint density at radius 1 is 1.22 bits per heavy atom. The highest BCUT2D eigenvalue weighted by atomic mass is 16.3. The fourth-order valence-corrected chi connectivity index (χ4v) is 3.22. The molecule has 2 heterocycles. The standard InChI is InChI=1S/C19H21NO3/c1-13-5-3-6-15(9-13)16-7-4-8-20(12-16)19(22)18-11-17(21)10-14(2)23-18/h3,5-6,9-11,16H,4,7-8,12H2,1-2H3/t16-/m0/s1. The molecule has 3 rings (SSSR count). The van der Waals surface area contributed by atoms with Crippen molar-refractivity contribution in [3.63, 3.8) is 0 Å². The van der Waals surface area contributed by atoms with Crippen molar-refractivity contribution in [1.29, 1.82) is 0 Å². The van der Waals surface area contributed by atoms with Crippen LogP contribution in [-0.2, 0) is 0 Å². The molecule has 1 aromatic carbocycles. The third kappa shape index (κ3) is 3.52. The molecule has 0 N–H and O–H groups in total. The van der Waals surface area contributed by atoms with Crippen LogP contribution in [0.1, 0.15) is 46.2 Å². The first kappa shape index (κ1) is 15.5. The molecule has 1 saturated heterocycles. The summed E-state index contributed by atoms with van der Waals surface area (Å²) in [6.07, 6.45) is 2.03. The normalized spacial score (nSPS) is 18.0. The van der Waals surface area contributed by atoms with Crippen LogP contribution in [0.2, 0.25) is 0 Å². The fraction of sp³-hybridized carbons (Fsp3) is 0.368. The van der Waals surface area contributed by atoms with Crippen LogP contribution in [0.3, 0.4) is 0 Å². The highest BCUT2D eigenvalue weighted by molar-refractivity contribution is 5.91. The van der Waals surface area contributed by atoms with Crippen LogP contribution in [0.4, 0.5) is 0 Å². The highest BCUT2D eigenvalue weighted by Gasteiger charge is 2.27. The summed E-state index contributed by atoms with van der Waals surface area (Å²) >= 11 is 0. The van der Waals surface area contributed by atoms with Gasteiger partial charge in [-0.15, -0.1) is 0 Å². The van der Waals surface area contributed by atoms with Crippen molar-refractivity contribution in [3.8, 4) is 0 Å². The molecule has 0 spiro atoms. The quantitative estimate of drug-likeness (QED) is 0.855. The molecule has 2 aromatic rings. The zero-order chi connectivity index (χ0) is 16.4. The Morgan fingerprint density at radius 3 is 2.78 bits per heavy atom. The number of hydrogen-bond acceptors (Lipinski definition) is 3. The maximum atomic E-state index is 12.6. The second-order valence-corrected chi connectivity index (χ2v) is 6.27. The van der Waals surface area contributed by atoms with Gasteiger partial charge in [-0.05, 0) is 32.3 Å². The lowest BCUT2D eigenvalue weighted by atomic mass is 9.89. The lowest BCUT2D eigenvalue weighted by molar-refractivity contribution is 0.0670. The van der Waals surface area contributed by atoms with Gasteiger partial charge in [0.15, 0.2) is 11.2 Å². The van der Waals surface area contributed by atoms with Crippen molar-refractivity contribution in [2.45, 2.75) is 32.6 Å². The van der Waals surface area contributed by atoms with E-state index in [9.17, 15) is 9.59 Å². The Labute approximate surface area is 135 Å². The summed E-state index contributed by atoms with van der Waals surface area (Å²) < 4.78 is 5.44. The summed E-state index contributed by atoms with van der Waals surface area (Å²) in [6.45, 7) is 5.14. The van der Waals surface area contributed by atoms with Crippen LogP contribution in [0.15, 0.2) is 45.6 Å². The van der Waals surface area contributed by atoms with Gasteiger partial charge >= 0.3 is 0 Å². The van der Waals surface area contributed by atoms with E-state index in [0.717, 1.165) is 12.8 Å². The van der Waals surface area contributed by atoms with Crippen molar-refractivity contribution >= 4 is 5.91 Å². The Kier molecular flexibility index (Phi) is 4.33. The van der Waals surface area contributed by atoms with Crippen LogP contribution in [0.25, 0.3) is 0 Å². The largest absolute Gasteiger partial charge is 0.456 e. The molecule has 1 atom stereocenters. The van der Waals surface area contributed by atoms with Crippen molar-refractivity contribution in [1.82, 2.24) is 4.90 Å². The first-order valence-corrected chi connectivity index (χ1v) is 8.00. The molecule has 1 amide bonds. The number of carbonyl (C=O) groups is 1. The summed E-state index contributed by atoms with van der Waals surface area (Å²) in [7, 11) is 0. The predicted octanol–water partition coefficient (Wildman–Crippen LogP) is 3.28. The molecule has 0 radical (unpaired) electrons. The van der Waals surface area contributed by atoms with Gasteiger partial charge in [0.05, 0.1) is 0 Å². The van der Waals surface area contributed by atoms with Gasteiger partial charge in [-0.3, -0.25) is 9.59 Å². The second-order valence-electron chi connectivity index (χ2n) is 6.27. The smallest absolute Gasteiger partial charge is 0.289 e. The lowest BCUT2D eigenvalue weighted by Crippen LogP contribution is -2.39. The first-order valence-electron chi connectivity index (χ1n) is 8.00. The molecule has 0 saturated carbocycles. The van der Waals surface area contributed by atoms with E-state index in [0.29, 0.717) is 24.8 Å². The molecule has 1 aliphatic heterocycles. The van der Waals surface area contributed by atoms with Crippen LogP contribution in [0, 0.1) is 13.8 Å². The molecule has 0 unspecified atom stereocenters. The molecule has 0 aliphatic carbocycles. The van der Waals surface area contributed by atoms with Gasteiger partial charge in [0.25, 0.3) is 5.91 Å². The van der Waals surface area contributed by atoms with E-state index < -0.39 is 0 Å². The van der Waals surface area contributed by atoms with E-state index in [2.05, 4.69) is 31.2 Å². The summed E-state index contributed by atoms with van der Waals surface area (Å²) in [5, 5.41) is 0. The van der Waals surface area contributed by atoms with Crippen molar-refractivity contribution in [2.24, 2.45) is 0 Å². The van der Waals surface area contributed by atoms with Crippen LogP contribution in [-0.4, -0.2) is 23.9 Å². The molecule has 4 nitrogen and oxygen atoms in total. The molecule has 23 heavy (non-hydrogen) atoms. The van der Waals surface area contributed by atoms with Gasteiger partial charge in [-0.2, -0.15) is 0 Å². The minimum Gasteiger partial charge on any atom is -0.456 e. The third-order valence-electron chi connectivity index (χ3n) is 4.32. The molecular formula is C19H21NO3. The number of hydrogen-bond donors (Lipinski definition) is 0. The maximum Gasteiger partial charge on any atom is 0.289 e. The second kappa shape index (κ2) is 6.41. The maximum absolute atomic E-state index is 12.6. The van der Waals surface area contributed by atoms with Crippen molar-refractivity contribution < 1.29 is 9.21 Å². The Balaban J connectivity index is 1.80. The molecule has 4 heteroatoms. The van der Waals surface area contributed by atoms with Gasteiger partial charge in [-0.25, -0.2) is 0 Å². The van der Waals surface area contributed by atoms with Gasteiger partial charge in [0.1, 0.15) is 5.76 Å². The molecule has 120 valence electrons. The molecule has 1 aromatic heterocycles. The first-order chi connectivity index (χ1) is 11.0. The number of piperidine rings is 1. The van der Waals surface area contributed by atoms with Gasteiger partial charge < -0.3 is 9.32 Å². The third-order valence-corrected chi connectivity index (χ3v) is 4.32. The van der Waals surface area contributed by atoms with Crippen molar-refractivity contribution in [3.05, 3.63) is 69.3 Å². The minimum absolute atomic E-state index is 0.139. The number of benzene rings is 1. The predicted molar refractivity (Wildman–Crippen MR) is 88.8 cm³/mol. The lowest BCUT2D eigenvalue weighted by Gasteiger charge is -2.32. The van der Waals surface area contributed by atoms with Crippen LogP contribution < -0.4 is 5.43 Å². The van der Waals surface area contributed by atoms with E-state index in [1.165, 1.54) is 23.3 Å². The summed E-state index contributed by atoms with van der Waals surface area (Å²) in [4.78, 5) is 26.0. The van der Waals surface area contributed by atoms with Gasteiger partial charge in [0, 0.05) is 31.1 Å². The number of likely N-dealkylation sites (tertiary alicyclic amines) is 1. The minimum atomic E-state index is -0.192. The van der Waals surface area contributed by atoms with Crippen LogP contribution >= 0.6 is 0 Å². The van der Waals surface area contributed by atoms with Crippen molar-refractivity contribution in [2.75, 3.05) is 13.1 Å². The van der Waals surface area contributed by atoms with Gasteiger partial charge in [-0.1, -0.05) is 29.8 Å². The number of nitrogens with zero attached hydrogens (tertiary/aromatic N) is 1. The summed E-state index contributed by atoms with van der Waals surface area (Å²) in [6, 6.07) is 11.1. The number of amides is 1. The van der Waals surface area contributed by atoms with E-state index in [1.807, 2.05) is 0 Å². The zero-order valence-corrected chi connectivity index (χ0v) is 13.5. The Bertz CT molecular complexity index is 778. The number of carbonyl (C=O) groups excluding carboxylic acids is 1. The van der Waals surface area contributed by atoms with Gasteiger partial charge in [0.2, 0.25) is 0 Å². The Hall–Kier alpha value is -2.36. The van der Waals surface area contributed by atoms with E-state index >= 15 is 0 Å². The number of rotatable bonds is 2.